The molecule has 3 nitrogen and oxygen atoms in total. The summed E-state index contributed by atoms with van der Waals surface area (Å²) in [6.45, 7) is 7.56. The number of methoxy groups -OCH3 is 1. The van der Waals surface area contributed by atoms with Crippen molar-refractivity contribution in [2.45, 2.75) is 45.4 Å². The lowest BCUT2D eigenvalue weighted by Crippen LogP contribution is -2.67. The van der Waals surface area contributed by atoms with Crippen molar-refractivity contribution in [1.82, 2.24) is 5.32 Å². The fourth-order valence-corrected chi connectivity index (χ4v) is 2.45. The average Bonchev–Trinajstić information content (AvgIpc) is 2.76. The highest BCUT2D eigenvalue weighted by atomic mass is 16.5. The van der Waals surface area contributed by atoms with Crippen molar-refractivity contribution in [1.29, 1.82) is 0 Å². The molecular weight excluding hydrogens is 202 g/mol. The molecule has 1 fully saturated rings. The van der Waals surface area contributed by atoms with Gasteiger partial charge in [-0.1, -0.05) is 13.8 Å². The summed E-state index contributed by atoms with van der Waals surface area (Å²) in [5, 5.41) is 3.56. The van der Waals surface area contributed by atoms with Crippen molar-refractivity contribution in [3.63, 3.8) is 0 Å². The van der Waals surface area contributed by atoms with Crippen LogP contribution < -0.4 is 5.32 Å². The highest BCUT2D eigenvalue weighted by molar-refractivity contribution is 5.13. The maximum atomic E-state index is 5.60. The zero-order valence-electron chi connectivity index (χ0n) is 10.5. The second-order valence-corrected chi connectivity index (χ2v) is 5.43. The first kappa shape index (κ1) is 11.7. The summed E-state index contributed by atoms with van der Waals surface area (Å²) in [5.41, 5.74) is 1.37. The van der Waals surface area contributed by atoms with Crippen LogP contribution in [0.2, 0.25) is 0 Å². The molecule has 3 heteroatoms. The van der Waals surface area contributed by atoms with Gasteiger partial charge in [0.25, 0.3) is 0 Å². The predicted molar refractivity (Wildman–Crippen MR) is 63.1 cm³/mol. The maximum Gasteiger partial charge on any atom is 0.0947 e. The molecule has 1 saturated carbocycles. The van der Waals surface area contributed by atoms with Crippen LogP contribution in [-0.4, -0.2) is 18.8 Å². The van der Waals surface area contributed by atoms with Gasteiger partial charge >= 0.3 is 0 Å². The lowest BCUT2D eigenvalue weighted by Gasteiger charge is -2.59. The van der Waals surface area contributed by atoms with E-state index < -0.39 is 0 Å². The van der Waals surface area contributed by atoms with Crippen molar-refractivity contribution < 1.29 is 9.15 Å². The van der Waals surface area contributed by atoms with Gasteiger partial charge in [0.05, 0.1) is 18.1 Å². The number of furan rings is 1. The molecular formula is C13H21NO2. The fourth-order valence-electron chi connectivity index (χ4n) is 2.45. The topological polar surface area (TPSA) is 34.4 Å². The van der Waals surface area contributed by atoms with Gasteiger partial charge in [0.15, 0.2) is 0 Å². The summed E-state index contributed by atoms with van der Waals surface area (Å²) in [5.74, 6) is 0. The van der Waals surface area contributed by atoms with Crippen LogP contribution in [0, 0.1) is 5.41 Å². The molecule has 2 atom stereocenters. The van der Waals surface area contributed by atoms with Crippen LogP contribution in [0.5, 0.6) is 0 Å². The van der Waals surface area contributed by atoms with Gasteiger partial charge in [-0.05, 0) is 19.4 Å². The van der Waals surface area contributed by atoms with Gasteiger partial charge in [0, 0.05) is 30.7 Å². The van der Waals surface area contributed by atoms with Gasteiger partial charge in [0.1, 0.15) is 0 Å². The zero-order valence-corrected chi connectivity index (χ0v) is 10.5. The van der Waals surface area contributed by atoms with Gasteiger partial charge in [-0.25, -0.2) is 0 Å². The third kappa shape index (κ3) is 1.68. The van der Waals surface area contributed by atoms with E-state index in [9.17, 15) is 0 Å². The molecule has 1 aromatic rings. The first-order valence-corrected chi connectivity index (χ1v) is 5.79. The Labute approximate surface area is 97.2 Å². The summed E-state index contributed by atoms with van der Waals surface area (Å²) in [6.07, 6.45) is 4.56. The predicted octanol–water partition coefficient (Wildman–Crippen LogP) is 2.57. The van der Waals surface area contributed by atoms with E-state index in [0.29, 0.717) is 6.04 Å². The molecule has 1 aromatic heterocycles. The molecule has 1 aliphatic carbocycles. The molecule has 90 valence electrons. The average molecular weight is 223 g/mol. The van der Waals surface area contributed by atoms with Crippen molar-refractivity contribution in [3.8, 4) is 0 Å². The third-order valence-electron chi connectivity index (χ3n) is 4.41. The van der Waals surface area contributed by atoms with Crippen molar-refractivity contribution in [2.24, 2.45) is 5.41 Å². The second kappa shape index (κ2) is 3.90. The largest absolute Gasteiger partial charge is 0.472 e. The minimum absolute atomic E-state index is 0.00105. The van der Waals surface area contributed by atoms with Gasteiger partial charge in [-0.2, -0.15) is 0 Å². The van der Waals surface area contributed by atoms with E-state index in [2.05, 4.69) is 26.1 Å². The van der Waals surface area contributed by atoms with Gasteiger partial charge in [-0.15, -0.1) is 0 Å². The van der Waals surface area contributed by atoms with E-state index in [0.717, 1.165) is 13.0 Å². The van der Waals surface area contributed by atoms with Gasteiger partial charge in [-0.3, -0.25) is 0 Å². The molecule has 2 unspecified atom stereocenters. The monoisotopic (exact) mass is 223 g/mol. The minimum Gasteiger partial charge on any atom is -0.472 e. The Balaban J connectivity index is 1.90. The Hall–Kier alpha value is -0.800. The van der Waals surface area contributed by atoms with E-state index >= 15 is 0 Å². The second-order valence-electron chi connectivity index (χ2n) is 5.43. The first-order valence-electron chi connectivity index (χ1n) is 5.79. The number of nitrogens with one attached hydrogen (secondary N) is 1. The molecule has 2 rings (SSSR count). The summed E-state index contributed by atoms with van der Waals surface area (Å²) >= 11 is 0. The molecule has 0 aliphatic heterocycles. The molecule has 0 amide bonds. The molecule has 0 radical (unpaired) electrons. The van der Waals surface area contributed by atoms with Gasteiger partial charge in [0.2, 0.25) is 0 Å². The van der Waals surface area contributed by atoms with Gasteiger partial charge < -0.3 is 14.5 Å². The van der Waals surface area contributed by atoms with Crippen molar-refractivity contribution >= 4 is 0 Å². The van der Waals surface area contributed by atoms with Crippen LogP contribution in [0.4, 0.5) is 0 Å². The summed E-state index contributed by atoms with van der Waals surface area (Å²) < 4.78 is 10.6. The zero-order chi connectivity index (χ0) is 11.8. The van der Waals surface area contributed by atoms with Crippen LogP contribution in [0.15, 0.2) is 23.0 Å². The quantitative estimate of drug-likeness (QED) is 0.852. The molecule has 0 saturated heterocycles. The Morgan fingerprint density at radius 1 is 1.50 bits per heavy atom. The van der Waals surface area contributed by atoms with Crippen molar-refractivity contribution in [3.05, 3.63) is 24.2 Å². The van der Waals surface area contributed by atoms with E-state index in [4.69, 9.17) is 9.15 Å². The molecule has 0 bridgehead atoms. The summed E-state index contributed by atoms with van der Waals surface area (Å²) in [4.78, 5) is 0. The lowest BCUT2D eigenvalue weighted by atomic mass is 9.56. The van der Waals surface area contributed by atoms with Crippen LogP contribution in [0.1, 0.15) is 32.8 Å². The van der Waals surface area contributed by atoms with E-state index in [1.54, 1.807) is 19.6 Å². The highest BCUT2D eigenvalue weighted by Crippen LogP contribution is 2.51. The van der Waals surface area contributed by atoms with Crippen LogP contribution >= 0.6 is 0 Å². The molecule has 1 heterocycles. The fraction of sp³-hybridized carbons (Fsp3) is 0.692. The summed E-state index contributed by atoms with van der Waals surface area (Å²) in [6, 6.07) is 2.50. The lowest BCUT2D eigenvalue weighted by molar-refractivity contribution is -0.180. The summed E-state index contributed by atoms with van der Waals surface area (Å²) in [7, 11) is 1.80. The Bertz CT molecular complexity index is 345. The van der Waals surface area contributed by atoms with Crippen LogP contribution in [0.25, 0.3) is 0 Å². The van der Waals surface area contributed by atoms with Crippen LogP contribution in [-0.2, 0) is 11.3 Å². The van der Waals surface area contributed by atoms with Crippen LogP contribution in [0.3, 0.4) is 0 Å². The standard InChI is InChI=1S/C13H21NO2/c1-12(2)11(7-13(12,3)15-4)14-8-10-5-6-16-9-10/h5-6,9,11,14H,7-8H2,1-4H3. The van der Waals surface area contributed by atoms with Crippen molar-refractivity contribution in [2.75, 3.05) is 7.11 Å². The van der Waals surface area contributed by atoms with E-state index in [-0.39, 0.29) is 11.0 Å². The Kier molecular flexibility index (Phi) is 2.84. The molecule has 1 aliphatic rings. The first-order chi connectivity index (χ1) is 7.49. The smallest absolute Gasteiger partial charge is 0.0947 e. The Morgan fingerprint density at radius 3 is 2.75 bits per heavy atom. The number of ether oxygens (including phenoxy) is 1. The number of hydrogen-bond donors (Lipinski definition) is 1. The Morgan fingerprint density at radius 2 is 2.25 bits per heavy atom. The SMILES string of the molecule is COC1(C)CC(NCc2ccoc2)C1(C)C. The minimum atomic E-state index is 0.00105. The van der Waals surface area contributed by atoms with E-state index in [1.165, 1.54) is 5.56 Å². The number of hydrogen-bond acceptors (Lipinski definition) is 3. The van der Waals surface area contributed by atoms with E-state index in [1.807, 2.05) is 6.07 Å². The molecule has 0 aromatic carbocycles. The normalized spacial score (nSPS) is 32.4. The maximum absolute atomic E-state index is 5.60. The highest BCUT2D eigenvalue weighted by Gasteiger charge is 2.57. The number of rotatable bonds is 4. The molecule has 1 N–H and O–H groups in total. The molecule has 0 spiro atoms. The third-order valence-corrected chi connectivity index (χ3v) is 4.41. The molecule has 16 heavy (non-hydrogen) atoms.